The zero-order chi connectivity index (χ0) is 15.2. The molecule has 0 saturated carbocycles. The third-order valence-corrected chi connectivity index (χ3v) is 4.10. The second-order valence-corrected chi connectivity index (χ2v) is 5.55. The average Bonchev–Trinajstić information content (AvgIpc) is 2.90. The maximum atomic E-state index is 10.9. The summed E-state index contributed by atoms with van der Waals surface area (Å²) in [6, 6.07) is 2.42. The lowest BCUT2D eigenvalue weighted by atomic mass is 10.1. The predicted molar refractivity (Wildman–Crippen MR) is 79.1 cm³/mol. The van der Waals surface area contributed by atoms with Crippen LogP contribution in [-0.4, -0.2) is 51.6 Å². The number of carboxylic acid groups (broad SMARTS) is 1. The summed E-state index contributed by atoms with van der Waals surface area (Å²) in [7, 11) is 0. The molecule has 21 heavy (non-hydrogen) atoms. The summed E-state index contributed by atoms with van der Waals surface area (Å²) in [5.74, 6) is -0.780. The molecule has 1 atom stereocenters. The lowest BCUT2D eigenvalue weighted by molar-refractivity contribution is -0.140. The van der Waals surface area contributed by atoms with Crippen molar-refractivity contribution in [3.8, 4) is 0 Å². The number of ether oxygens (including phenoxy) is 1. The van der Waals surface area contributed by atoms with Crippen molar-refractivity contribution in [2.45, 2.75) is 51.7 Å². The van der Waals surface area contributed by atoms with Crippen LogP contribution in [0.15, 0.2) is 12.3 Å². The Kier molecular flexibility index (Phi) is 5.76. The van der Waals surface area contributed by atoms with Gasteiger partial charge in [-0.25, -0.2) is 0 Å². The average molecular weight is 295 g/mol. The predicted octanol–water partition coefficient (Wildman–Crippen LogP) is 1.92. The second kappa shape index (κ2) is 7.56. The molecule has 0 aromatic carbocycles. The molecule has 6 heteroatoms. The zero-order valence-electron chi connectivity index (χ0n) is 12.9. The third-order valence-electron chi connectivity index (χ3n) is 4.10. The highest BCUT2D eigenvalue weighted by molar-refractivity contribution is 5.67. The maximum Gasteiger partial charge on any atom is 0.305 e. The van der Waals surface area contributed by atoms with Crippen molar-refractivity contribution in [2.75, 3.05) is 19.8 Å². The summed E-state index contributed by atoms with van der Waals surface area (Å²) in [6.07, 6.45) is 4.28. The van der Waals surface area contributed by atoms with Gasteiger partial charge in [-0.05, 0) is 18.9 Å². The van der Waals surface area contributed by atoms with Crippen molar-refractivity contribution < 1.29 is 14.6 Å². The molecule has 1 aliphatic heterocycles. The van der Waals surface area contributed by atoms with Crippen molar-refractivity contribution in [3.05, 3.63) is 18.0 Å². The van der Waals surface area contributed by atoms with E-state index in [0.29, 0.717) is 25.8 Å². The fourth-order valence-electron chi connectivity index (χ4n) is 2.82. The normalized spacial score (nSPS) is 20.0. The molecular weight excluding hydrogens is 270 g/mol. The first-order valence-electron chi connectivity index (χ1n) is 7.71. The molecule has 0 bridgehead atoms. The van der Waals surface area contributed by atoms with E-state index in [1.165, 1.54) is 0 Å². The molecule has 1 aromatic heterocycles. The molecule has 1 saturated heterocycles. The first-order chi connectivity index (χ1) is 10.1. The molecule has 0 spiro atoms. The van der Waals surface area contributed by atoms with Crippen molar-refractivity contribution >= 4 is 5.97 Å². The Morgan fingerprint density at radius 2 is 2.29 bits per heavy atom. The summed E-state index contributed by atoms with van der Waals surface area (Å²) in [5.41, 5.74) is 0.999. The highest BCUT2D eigenvalue weighted by atomic mass is 16.5. The van der Waals surface area contributed by atoms with Crippen molar-refractivity contribution in [3.63, 3.8) is 0 Å². The minimum atomic E-state index is -0.780. The third kappa shape index (κ3) is 4.28. The lowest BCUT2D eigenvalue weighted by Crippen LogP contribution is -2.46. The summed E-state index contributed by atoms with van der Waals surface area (Å²) >= 11 is 0. The molecule has 6 nitrogen and oxygen atoms in total. The van der Waals surface area contributed by atoms with Gasteiger partial charge in [-0.15, -0.1) is 0 Å². The molecule has 118 valence electrons. The van der Waals surface area contributed by atoms with Gasteiger partial charge in [0.25, 0.3) is 0 Å². The Hall–Kier alpha value is -1.40. The van der Waals surface area contributed by atoms with Crippen LogP contribution in [0, 0.1) is 0 Å². The van der Waals surface area contributed by atoms with Crippen LogP contribution in [0.2, 0.25) is 0 Å². The smallest absolute Gasteiger partial charge is 0.305 e. The first-order valence-corrected chi connectivity index (χ1v) is 7.71. The largest absolute Gasteiger partial charge is 0.481 e. The Bertz CT molecular complexity index is 457. The van der Waals surface area contributed by atoms with Crippen LogP contribution in [0.25, 0.3) is 0 Å². The Labute approximate surface area is 125 Å². The number of nitrogens with zero attached hydrogens (tertiary/aromatic N) is 3. The van der Waals surface area contributed by atoms with E-state index in [1.54, 1.807) is 0 Å². The van der Waals surface area contributed by atoms with Crippen LogP contribution < -0.4 is 0 Å². The minimum absolute atomic E-state index is 0.0606. The van der Waals surface area contributed by atoms with Gasteiger partial charge < -0.3 is 9.84 Å². The molecule has 2 rings (SSSR count). The van der Waals surface area contributed by atoms with Crippen molar-refractivity contribution in [1.82, 2.24) is 14.7 Å². The number of hydrogen-bond acceptors (Lipinski definition) is 4. The monoisotopic (exact) mass is 295 g/mol. The fourth-order valence-corrected chi connectivity index (χ4v) is 2.82. The summed E-state index contributed by atoms with van der Waals surface area (Å²) in [4.78, 5) is 13.1. The maximum absolute atomic E-state index is 10.9. The number of hydrogen-bond donors (Lipinski definition) is 1. The standard InChI is InChI=1S/C15H25N3O3/c1-3-13(4-2)18-6-5-12(16-18)10-17-7-8-21-11-14(17)9-15(19)20/h5-6,13-14H,3-4,7-11H2,1-2H3,(H,19,20). The van der Waals surface area contributed by atoms with Gasteiger partial charge >= 0.3 is 5.97 Å². The fraction of sp³-hybridized carbons (Fsp3) is 0.733. The molecule has 0 amide bonds. The van der Waals surface area contributed by atoms with Crippen molar-refractivity contribution in [2.24, 2.45) is 0 Å². The molecule has 1 unspecified atom stereocenters. The molecule has 0 radical (unpaired) electrons. The van der Waals surface area contributed by atoms with E-state index < -0.39 is 5.97 Å². The van der Waals surface area contributed by atoms with E-state index in [4.69, 9.17) is 9.84 Å². The number of rotatable bonds is 7. The Balaban J connectivity index is 2.00. The van der Waals surface area contributed by atoms with E-state index in [1.807, 2.05) is 16.9 Å². The van der Waals surface area contributed by atoms with Crippen LogP contribution in [-0.2, 0) is 16.1 Å². The number of aliphatic carboxylic acids is 1. The number of morpholine rings is 1. The SMILES string of the molecule is CCC(CC)n1ccc(CN2CCOCC2CC(=O)O)n1. The van der Waals surface area contributed by atoms with E-state index in [2.05, 4.69) is 23.8 Å². The molecule has 1 aromatic rings. The van der Waals surface area contributed by atoms with Gasteiger partial charge in [0.2, 0.25) is 0 Å². The van der Waals surface area contributed by atoms with E-state index in [-0.39, 0.29) is 12.5 Å². The van der Waals surface area contributed by atoms with E-state index >= 15 is 0 Å². The van der Waals surface area contributed by atoms with E-state index in [9.17, 15) is 4.79 Å². The second-order valence-electron chi connectivity index (χ2n) is 5.55. The molecule has 1 N–H and O–H groups in total. The minimum Gasteiger partial charge on any atom is -0.481 e. The van der Waals surface area contributed by atoms with Crippen LogP contribution >= 0.6 is 0 Å². The van der Waals surface area contributed by atoms with Crippen LogP contribution in [0.3, 0.4) is 0 Å². The van der Waals surface area contributed by atoms with Gasteiger partial charge in [-0.3, -0.25) is 14.4 Å². The highest BCUT2D eigenvalue weighted by Gasteiger charge is 2.26. The number of carbonyl (C=O) groups is 1. The number of aromatic nitrogens is 2. The van der Waals surface area contributed by atoms with Crippen LogP contribution in [0.5, 0.6) is 0 Å². The van der Waals surface area contributed by atoms with Gasteiger partial charge in [0.1, 0.15) is 0 Å². The highest BCUT2D eigenvalue weighted by Crippen LogP contribution is 2.17. The molecule has 1 fully saturated rings. The topological polar surface area (TPSA) is 67.6 Å². The summed E-state index contributed by atoms with van der Waals surface area (Å²) < 4.78 is 7.43. The molecule has 0 aliphatic carbocycles. The van der Waals surface area contributed by atoms with Crippen LogP contribution in [0.4, 0.5) is 0 Å². The Morgan fingerprint density at radius 1 is 1.52 bits per heavy atom. The van der Waals surface area contributed by atoms with Gasteiger partial charge in [0.15, 0.2) is 0 Å². The number of carboxylic acids is 1. The lowest BCUT2D eigenvalue weighted by Gasteiger charge is -2.34. The quantitative estimate of drug-likeness (QED) is 0.832. The Morgan fingerprint density at radius 3 is 2.95 bits per heavy atom. The van der Waals surface area contributed by atoms with Crippen molar-refractivity contribution in [1.29, 1.82) is 0 Å². The molecule has 2 heterocycles. The van der Waals surface area contributed by atoms with Gasteiger partial charge in [-0.2, -0.15) is 5.10 Å². The van der Waals surface area contributed by atoms with Gasteiger partial charge in [0.05, 0.1) is 31.4 Å². The molecule has 1 aliphatic rings. The summed E-state index contributed by atoms with van der Waals surface area (Å²) in [5, 5.41) is 13.6. The zero-order valence-corrected chi connectivity index (χ0v) is 12.9. The first kappa shape index (κ1) is 16.0. The molecular formula is C15H25N3O3. The van der Waals surface area contributed by atoms with Crippen LogP contribution in [0.1, 0.15) is 44.8 Å². The van der Waals surface area contributed by atoms with Gasteiger partial charge in [0, 0.05) is 25.3 Å². The van der Waals surface area contributed by atoms with E-state index in [0.717, 1.165) is 25.1 Å². The summed E-state index contributed by atoms with van der Waals surface area (Å²) in [6.45, 7) is 6.92. The van der Waals surface area contributed by atoms with Gasteiger partial charge in [-0.1, -0.05) is 13.8 Å².